The number of aryl methyl sites for hydroxylation is 4. The lowest BCUT2D eigenvalue weighted by molar-refractivity contribution is 0.102. The Bertz CT molecular complexity index is 1660. The number of nitrogens with zero attached hydrogens (tertiary/aromatic N) is 2. The van der Waals surface area contributed by atoms with E-state index < -0.39 is 0 Å². The van der Waals surface area contributed by atoms with Crippen LogP contribution in [-0.4, -0.2) is 14.9 Å². The average molecular weight is 543 g/mol. The Hall–Kier alpha value is -3.47. The largest absolute Gasteiger partial charge is 0.325 e. The molecule has 0 spiro atoms. The molecule has 0 saturated carbocycles. The van der Waals surface area contributed by atoms with Crippen LogP contribution in [0.5, 0.6) is 0 Å². The minimum absolute atomic E-state index is 0.174. The first-order chi connectivity index (χ1) is 18.4. The van der Waals surface area contributed by atoms with Gasteiger partial charge in [0.25, 0.3) is 5.91 Å². The van der Waals surface area contributed by atoms with Crippen LogP contribution in [0.4, 0.5) is 5.69 Å². The standard InChI is InChI=1S/C32H29Cl2N3O/c1-3-21-9-13-23(14-10-21)29-25-6-4-5-17-36-28(22-11-7-20(2)8-12-22)19-37(32(25)36)30(29)31(38)35-24-15-16-26(33)27(34)18-24/h7-16,18-19H,3-6,17H2,1-2H3,(H,35,38). The fourth-order valence-electron chi connectivity index (χ4n) is 5.55. The van der Waals surface area contributed by atoms with E-state index in [2.05, 4.69) is 82.9 Å². The Morgan fingerprint density at radius 2 is 1.66 bits per heavy atom. The zero-order valence-electron chi connectivity index (χ0n) is 21.5. The molecule has 192 valence electrons. The third kappa shape index (κ3) is 4.32. The summed E-state index contributed by atoms with van der Waals surface area (Å²) in [5.74, 6) is -0.174. The predicted octanol–water partition coefficient (Wildman–Crippen LogP) is 8.84. The molecular weight excluding hydrogens is 513 g/mol. The average Bonchev–Trinajstić information content (AvgIpc) is 3.34. The number of imidazole rings is 1. The maximum absolute atomic E-state index is 14.1. The number of benzene rings is 3. The van der Waals surface area contributed by atoms with Crippen LogP contribution in [0, 0.1) is 6.92 Å². The van der Waals surface area contributed by atoms with Gasteiger partial charge >= 0.3 is 0 Å². The molecule has 1 aliphatic rings. The van der Waals surface area contributed by atoms with E-state index in [0.717, 1.165) is 60.3 Å². The first kappa shape index (κ1) is 24.8. The van der Waals surface area contributed by atoms with Crippen molar-refractivity contribution in [2.24, 2.45) is 0 Å². The maximum Gasteiger partial charge on any atom is 0.273 e. The van der Waals surface area contributed by atoms with Crippen LogP contribution in [-0.2, 0) is 19.4 Å². The number of carbonyl (C=O) groups excluding carboxylic acids is 1. The van der Waals surface area contributed by atoms with Gasteiger partial charge in [-0.1, -0.05) is 84.2 Å². The number of carbonyl (C=O) groups is 1. The van der Waals surface area contributed by atoms with Gasteiger partial charge < -0.3 is 9.88 Å². The smallest absolute Gasteiger partial charge is 0.273 e. The van der Waals surface area contributed by atoms with Gasteiger partial charge in [0.2, 0.25) is 0 Å². The normalized spacial score (nSPS) is 13.1. The quantitative estimate of drug-likeness (QED) is 0.237. The van der Waals surface area contributed by atoms with E-state index >= 15 is 0 Å². The van der Waals surface area contributed by atoms with E-state index in [-0.39, 0.29) is 5.91 Å². The first-order valence-electron chi connectivity index (χ1n) is 13.1. The molecule has 0 aliphatic carbocycles. The molecule has 0 radical (unpaired) electrons. The molecule has 6 rings (SSSR count). The third-order valence-electron chi connectivity index (χ3n) is 7.52. The summed E-state index contributed by atoms with van der Waals surface area (Å²) < 4.78 is 4.50. The minimum Gasteiger partial charge on any atom is -0.325 e. The molecule has 1 amide bonds. The van der Waals surface area contributed by atoms with Crippen LogP contribution < -0.4 is 5.32 Å². The van der Waals surface area contributed by atoms with Gasteiger partial charge in [-0.15, -0.1) is 0 Å². The van der Waals surface area contributed by atoms with Gasteiger partial charge in [0.15, 0.2) is 0 Å². The summed E-state index contributed by atoms with van der Waals surface area (Å²) in [5.41, 5.74) is 10.4. The lowest BCUT2D eigenvalue weighted by Crippen LogP contribution is -2.15. The van der Waals surface area contributed by atoms with E-state index in [1.165, 1.54) is 16.7 Å². The highest BCUT2D eigenvalue weighted by Crippen LogP contribution is 2.40. The summed E-state index contributed by atoms with van der Waals surface area (Å²) >= 11 is 12.4. The van der Waals surface area contributed by atoms with Crippen LogP contribution in [0.15, 0.2) is 72.9 Å². The van der Waals surface area contributed by atoms with Gasteiger partial charge in [0, 0.05) is 29.6 Å². The molecule has 0 bridgehead atoms. The van der Waals surface area contributed by atoms with Gasteiger partial charge in [-0.3, -0.25) is 9.20 Å². The molecule has 2 aromatic heterocycles. The van der Waals surface area contributed by atoms with Gasteiger partial charge in [0.1, 0.15) is 11.3 Å². The summed E-state index contributed by atoms with van der Waals surface area (Å²) in [5, 5.41) is 3.95. The van der Waals surface area contributed by atoms with Crippen LogP contribution in [0.1, 0.15) is 46.9 Å². The number of anilines is 1. The summed E-state index contributed by atoms with van der Waals surface area (Å²) in [6.45, 7) is 5.17. The highest BCUT2D eigenvalue weighted by atomic mass is 35.5. The number of hydrogen-bond acceptors (Lipinski definition) is 1. The van der Waals surface area contributed by atoms with Gasteiger partial charge in [0.05, 0.1) is 15.7 Å². The number of hydrogen-bond donors (Lipinski definition) is 1. The molecule has 0 saturated heterocycles. The Kier molecular flexibility index (Phi) is 6.55. The molecule has 1 aliphatic heterocycles. The van der Waals surface area contributed by atoms with Gasteiger partial charge in [-0.05, 0) is 67.5 Å². The van der Waals surface area contributed by atoms with E-state index in [1.807, 2.05) is 0 Å². The Labute approximate surface area is 232 Å². The lowest BCUT2D eigenvalue weighted by atomic mass is 9.96. The Morgan fingerprint density at radius 3 is 2.37 bits per heavy atom. The second-order valence-electron chi connectivity index (χ2n) is 10.0. The van der Waals surface area contributed by atoms with Crippen LogP contribution in [0.2, 0.25) is 10.0 Å². The molecule has 0 unspecified atom stereocenters. The molecule has 4 nitrogen and oxygen atoms in total. The van der Waals surface area contributed by atoms with E-state index in [4.69, 9.17) is 23.2 Å². The van der Waals surface area contributed by atoms with E-state index in [0.29, 0.717) is 21.4 Å². The van der Waals surface area contributed by atoms with Crippen molar-refractivity contribution < 1.29 is 4.79 Å². The minimum atomic E-state index is -0.174. The molecule has 1 N–H and O–H groups in total. The fraction of sp³-hybridized carbons (Fsp3) is 0.219. The van der Waals surface area contributed by atoms with Crippen molar-refractivity contribution >= 4 is 40.4 Å². The third-order valence-corrected chi connectivity index (χ3v) is 8.26. The Balaban J connectivity index is 1.58. The molecule has 6 heteroatoms. The van der Waals surface area contributed by atoms with Crippen molar-refractivity contribution in [1.82, 2.24) is 8.97 Å². The van der Waals surface area contributed by atoms with Crippen LogP contribution >= 0.6 is 23.2 Å². The van der Waals surface area contributed by atoms with Crippen molar-refractivity contribution in [2.45, 2.75) is 46.1 Å². The van der Waals surface area contributed by atoms with Crippen molar-refractivity contribution in [1.29, 1.82) is 0 Å². The molecule has 0 fully saturated rings. The van der Waals surface area contributed by atoms with Crippen molar-refractivity contribution in [3.63, 3.8) is 0 Å². The number of nitrogens with one attached hydrogen (secondary N) is 1. The highest BCUT2D eigenvalue weighted by Gasteiger charge is 2.29. The monoisotopic (exact) mass is 541 g/mol. The molecule has 0 atom stereocenters. The van der Waals surface area contributed by atoms with Crippen LogP contribution in [0.25, 0.3) is 28.0 Å². The Morgan fingerprint density at radius 1 is 0.921 bits per heavy atom. The predicted molar refractivity (Wildman–Crippen MR) is 158 cm³/mol. The van der Waals surface area contributed by atoms with Gasteiger partial charge in [-0.2, -0.15) is 0 Å². The number of rotatable bonds is 5. The summed E-state index contributed by atoms with van der Waals surface area (Å²) in [4.78, 5) is 14.1. The molecule has 38 heavy (non-hydrogen) atoms. The van der Waals surface area contributed by atoms with Crippen LogP contribution in [0.3, 0.4) is 0 Å². The summed E-state index contributed by atoms with van der Waals surface area (Å²) in [6, 6.07) is 22.4. The highest BCUT2D eigenvalue weighted by molar-refractivity contribution is 6.42. The second-order valence-corrected chi connectivity index (χ2v) is 10.8. The fourth-order valence-corrected chi connectivity index (χ4v) is 5.84. The maximum atomic E-state index is 14.1. The summed E-state index contributed by atoms with van der Waals surface area (Å²) in [7, 11) is 0. The van der Waals surface area contributed by atoms with E-state index in [9.17, 15) is 4.79 Å². The zero-order valence-corrected chi connectivity index (χ0v) is 23.0. The molecule has 5 aromatic rings. The lowest BCUT2D eigenvalue weighted by Gasteiger charge is -2.11. The second kappa shape index (κ2) is 10.0. The number of halogens is 2. The molecule has 3 heterocycles. The topological polar surface area (TPSA) is 38.4 Å². The summed E-state index contributed by atoms with van der Waals surface area (Å²) in [6.07, 6.45) is 6.19. The SMILES string of the molecule is CCc1ccc(-c2c3c4n(c(-c5ccc(C)cc5)cn4c2C(=O)Nc2ccc(Cl)c(Cl)c2)CCCC3)cc1. The van der Waals surface area contributed by atoms with Crippen molar-refractivity contribution in [3.8, 4) is 22.4 Å². The zero-order chi connectivity index (χ0) is 26.4. The van der Waals surface area contributed by atoms with Crippen molar-refractivity contribution in [2.75, 3.05) is 5.32 Å². The number of aromatic nitrogens is 2. The number of amides is 1. The molecular formula is C32H29Cl2N3O. The molecule has 3 aromatic carbocycles. The van der Waals surface area contributed by atoms with Gasteiger partial charge in [-0.25, -0.2) is 0 Å². The van der Waals surface area contributed by atoms with E-state index in [1.54, 1.807) is 18.2 Å². The van der Waals surface area contributed by atoms with Crippen molar-refractivity contribution in [3.05, 3.63) is 105 Å². The first-order valence-corrected chi connectivity index (χ1v) is 13.9.